The summed E-state index contributed by atoms with van der Waals surface area (Å²) < 4.78 is 27.6. The molecule has 2 aromatic rings. The van der Waals surface area contributed by atoms with Gasteiger partial charge in [0, 0.05) is 0 Å². The number of nitrogens with zero attached hydrogens (tertiary/aromatic N) is 4. The van der Waals surface area contributed by atoms with Crippen LogP contribution in [0.15, 0.2) is 40.8 Å². The minimum atomic E-state index is -1.06. The van der Waals surface area contributed by atoms with Crippen LogP contribution in [-0.4, -0.2) is 20.9 Å². The fraction of sp³-hybridized carbons (Fsp3) is 0.0909. The monoisotopic (exact) mass is 266 g/mol. The number of aliphatic carboxylic acids is 1. The Labute approximate surface area is 106 Å². The third kappa shape index (κ3) is 3.18. The van der Waals surface area contributed by atoms with Crippen LogP contribution in [0.5, 0.6) is 0 Å². The number of hydrogen-bond donors (Lipinski definition) is 1. The Morgan fingerprint density at radius 2 is 2.00 bits per heavy atom. The first-order chi connectivity index (χ1) is 9.06. The molecular weight excluding hydrogens is 258 g/mol. The molecular formula is C11H8F2N4O2. The zero-order valence-electron chi connectivity index (χ0n) is 9.49. The van der Waals surface area contributed by atoms with Gasteiger partial charge in [0.05, 0.1) is 12.4 Å². The van der Waals surface area contributed by atoms with E-state index in [9.17, 15) is 13.6 Å². The number of carbonyl (C=O) groups is 1. The number of benzene rings is 1. The molecule has 0 aliphatic carbocycles. The van der Waals surface area contributed by atoms with Gasteiger partial charge in [0.2, 0.25) is 0 Å². The molecule has 0 fully saturated rings. The van der Waals surface area contributed by atoms with Crippen molar-refractivity contribution in [2.75, 3.05) is 0 Å². The van der Waals surface area contributed by atoms with E-state index in [1.165, 1.54) is 18.5 Å². The van der Waals surface area contributed by atoms with Crippen molar-refractivity contribution in [2.24, 2.45) is 10.2 Å². The van der Waals surface area contributed by atoms with Gasteiger partial charge in [0.25, 0.3) is 0 Å². The molecule has 0 aliphatic heterocycles. The molecule has 19 heavy (non-hydrogen) atoms. The molecule has 0 aliphatic rings. The molecule has 0 spiro atoms. The Morgan fingerprint density at radius 3 is 2.63 bits per heavy atom. The number of azo groups is 1. The molecule has 0 unspecified atom stereocenters. The highest BCUT2D eigenvalue weighted by atomic mass is 19.1. The van der Waals surface area contributed by atoms with Crippen LogP contribution in [0.1, 0.15) is 0 Å². The van der Waals surface area contributed by atoms with Crippen molar-refractivity contribution < 1.29 is 18.7 Å². The van der Waals surface area contributed by atoms with Crippen LogP contribution in [0, 0.1) is 11.6 Å². The maximum atomic E-state index is 13.2. The third-order valence-electron chi connectivity index (χ3n) is 2.12. The van der Waals surface area contributed by atoms with Crippen molar-refractivity contribution >= 4 is 17.3 Å². The van der Waals surface area contributed by atoms with Gasteiger partial charge < -0.3 is 5.11 Å². The molecule has 1 aromatic carbocycles. The van der Waals surface area contributed by atoms with Gasteiger partial charge >= 0.3 is 5.97 Å². The number of carboxylic acid groups (broad SMARTS) is 1. The minimum Gasteiger partial charge on any atom is -0.480 e. The smallest absolute Gasteiger partial charge is 0.325 e. The Morgan fingerprint density at radius 1 is 1.32 bits per heavy atom. The summed E-state index contributed by atoms with van der Waals surface area (Å²) in [6, 6.07) is 3.34. The molecule has 1 heterocycles. The van der Waals surface area contributed by atoms with Crippen molar-refractivity contribution in [3.05, 3.63) is 42.2 Å². The molecule has 0 saturated heterocycles. The first-order valence-corrected chi connectivity index (χ1v) is 5.16. The molecule has 98 valence electrons. The van der Waals surface area contributed by atoms with Gasteiger partial charge in [-0.1, -0.05) is 6.07 Å². The molecule has 1 N–H and O–H groups in total. The van der Waals surface area contributed by atoms with E-state index in [0.717, 1.165) is 16.8 Å². The van der Waals surface area contributed by atoms with E-state index < -0.39 is 23.3 Å². The SMILES string of the molecule is O=C(O)Cn1cc(N=Nc2c(F)cccc2F)cn1. The lowest BCUT2D eigenvalue weighted by Gasteiger charge is -1.95. The average molecular weight is 266 g/mol. The predicted octanol–water partition coefficient (Wildman–Crippen LogP) is 2.66. The lowest BCUT2D eigenvalue weighted by Crippen LogP contribution is -2.08. The van der Waals surface area contributed by atoms with Gasteiger partial charge in [-0.3, -0.25) is 9.48 Å². The van der Waals surface area contributed by atoms with Crippen molar-refractivity contribution in [1.82, 2.24) is 9.78 Å². The second-order valence-electron chi connectivity index (χ2n) is 3.56. The van der Waals surface area contributed by atoms with E-state index in [2.05, 4.69) is 15.3 Å². The first kappa shape index (κ1) is 12.8. The van der Waals surface area contributed by atoms with E-state index >= 15 is 0 Å². The summed E-state index contributed by atoms with van der Waals surface area (Å²) in [7, 11) is 0. The predicted molar refractivity (Wildman–Crippen MR) is 60.4 cm³/mol. The summed E-state index contributed by atoms with van der Waals surface area (Å²) in [4.78, 5) is 10.4. The van der Waals surface area contributed by atoms with Crippen LogP contribution < -0.4 is 0 Å². The van der Waals surface area contributed by atoms with E-state index in [1.807, 2.05) is 0 Å². The number of halogens is 2. The molecule has 0 bridgehead atoms. The molecule has 0 radical (unpaired) electrons. The van der Waals surface area contributed by atoms with Gasteiger partial charge in [0.1, 0.15) is 12.2 Å². The molecule has 0 amide bonds. The maximum absolute atomic E-state index is 13.2. The Hall–Kier alpha value is -2.64. The number of carboxylic acids is 1. The quantitative estimate of drug-likeness (QED) is 0.864. The Kier molecular flexibility index (Phi) is 3.60. The average Bonchev–Trinajstić information content (AvgIpc) is 2.75. The van der Waals surface area contributed by atoms with Gasteiger partial charge in [-0.15, -0.1) is 10.2 Å². The highest BCUT2D eigenvalue weighted by Gasteiger charge is 2.07. The van der Waals surface area contributed by atoms with Gasteiger partial charge in [0.15, 0.2) is 17.3 Å². The van der Waals surface area contributed by atoms with E-state index in [-0.39, 0.29) is 12.2 Å². The van der Waals surface area contributed by atoms with Gasteiger partial charge in [-0.25, -0.2) is 8.78 Å². The van der Waals surface area contributed by atoms with Gasteiger partial charge in [-0.05, 0) is 12.1 Å². The fourth-order valence-electron chi connectivity index (χ4n) is 1.32. The van der Waals surface area contributed by atoms with E-state index in [0.29, 0.717) is 0 Å². The lowest BCUT2D eigenvalue weighted by atomic mass is 10.3. The van der Waals surface area contributed by atoms with E-state index in [1.54, 1.807) is 0 Å². The highest BCUT2D eigenvalue weighted by molar-refractivity contribution is 5.66. The van der Waals surface area contributed by atoms with Crippen LogP contribution in [0.4, 0.5) is 20.2 Å². The lowest BCUT2D eigenvalue weighted by molar-refractivity contribution is -0.137. The van der Waals surface area contributed by atoms with Crippen LogP contribution in [0.2, 0.25) is 0 Å². The minimum absolute atomic E-state index is 0.198. The zero-order chi connectivity index (χ0) is 13.8. The molecule has 2 rings (SSSR count). The summed E-state index contributed by atoms with van der Waals surface area (Å²) in [6.45, 7) is -0.330. The van der Waals surface area contributed by atoms with Crippen LogP contribution in [0.3, 0.4) is 0 Å². The van der Waals surface area contributed by atoms with Crippen molar-refractivity contribution in [3.63, 3.8) is 0 Å². The molecule has 1 aromatic heterocycles. The third-order valence-corrected chi connectivity index (χ3v) is 2.12. The topological polar surface area (TPSA) is 79.8 Å². The molecule has 8 heteroatoms. The van der Waals surface area contributed by atoms with Crippen LogP contribution in [-0.2, 0) is 11.3 Å². The normalized spacial score (nSPS) is 11.1. The standard InChI is InChI=1S/C11H8F2N4O2/c12-8-2-1-3-9(13)11(8)16-15-7-4-14-17(5-7)6-10(18)19/h1-5H,6H2,(H,18,19). The van der Waals surface area contributed by atoms with E-state index in [4.69, 9.17) is 5.11 Å². The summed E-state index contributed by atoms with van der Waals surface area (Å²) in [5, 5.41) is 19.3. The van der Waals surface area contributed by atoms with Crippen molar-refractivity contribution in [3.8, 4) is 0 Å². The number of rotatable bonds is 4. The van der Waals surface area contributed by atoms with Crippen LogP contribution in [0.25, 0.3) is 0 Å². The maximum Gasteiger partial charge on any atom is 0.325 e. The second kappa shape index (κ2) is 5.34. The highest BCUT2D eigenvalue weighted by Crippen LogP contribution is 2.24. The summed E-state index contributed by atoms with van der Waals surface area (Å²) >= 11 is 0. The summed E-state index contributed by atoms with van der Waals surface area (Å²) in [5.41, 5.74) is -0.308. The largest absolute Gasteiger partial charge is 0.480 e. The summed E-state index contributed by atoms with van der Waals surface area (Å²) in [6.07, 6.45) is 2.54. The van der Waals surface area contributed by atoms with Crippen molar-refractivity contribution in [2.45, 2.75) is 6.54 Å². The number of aromatic nitrogens is 2. The van der Waals surface area contributed by atoms with Crippen molar-refractivity contribution in [1.29, 1.82) is 0 Å². The molecule has 0 atom stereocenters. The molecule has 6 nitrogen and oxygen atoms in total. The Balaban J connectivity index is 2.18. The fourth-order valence-corrected chi connectivity index (χ4v) is 1.32. The van der Waals surface area contributed by atoms with Gasteiger partial charge in [-0.2, -0.15) is 5.10 Å². The van der Waals surface area contributed by atoms with Crippen LogP contribution >= 0.6 is 0 Å². The second-order valence-corrected chi connectivity index (χ2v) is 3.56. The number of hydrogen-bond acceptors (Lipinski definition) is 4. The molecule has 0 saturated carbocycles. The summed E-state index contributed by atoms with van der Waals surface area (Å²) in [5.74, 6) is -2.73. The first-order valence-electron chi connectivity index (χ1n) is 5.16. The Bertz CT molecular complexity index is 619. The zero-order valence-corrected chi connectivity index (χ0v) is 9.49.